The maximum atomic E-state index is 12.1. The molecule has 2 aromatic carbocycles. The molecule has 0 bridgehead atoms. The minimum Gasteiger partial charge on any atom is -0.462 e. The third kappa shape index (κ3) is 5.55. The van der Waals surface area contributed by atoms with E-state index in [9.17, 15) is 9.59 Å². The summed E-state index contributed by atoms with van der Waals surface area (Å²) in [6, 6.07) is 15.3. The minimum atomic E-state index is -0.352. The first-order valence-corrected chi connectivity index (χ1v) is 10.5. The van der Waals surface area contributed by atoms with Gasteiger partial charge in [0.05, 0.1) is 22.4 Å². The average Bonchev–Trinajstić information content (AvgIpc) is 3.07. The van der Waals surface area contributed by atoms with Gasteiger partial charge in [0.15, 0.2) is 5.13 Å². The maximum absolute atomic E-state index is 12.1. The Hall–Kier alpha value is -2.38. The van der Waals surface area contributed by atoms with Crippen molar-refractivity contribution in [1.29, 1.82) is 0 Å². The highest BCUT2D eigenvalue weighted by Crippen LogP contribution is 2.27. The molecule has 0 spiro atoms. The van der Waals surface area contributed by atoms with Crippen LogP contribution in [0.15, 0.2) is 53.4 Å². The van der Waals surface area contributed by atoms with Crippen molar-refractivity contribution in [3.05, 3.63) is 54.1 Å². The standard InChI is InChI=1S/C20H20N2O3S2/c1-2-25-19(24)14-10-11-16-17(13-14)27-20(21-16)22-18(23)9-6-12-26-15-7-4-3-5-8-15/h3-5,7-8,10-11,13H,2,6,9,12H2,1H3,(H,21,22,23). The molecule has 0 unspecified atom stereocenters. The number of anilines is 1. The summed E-state index contributed by atoms with van der Waals surface area (Å²) in [6.45, 7) is 2.11. The van der Waals surface area contributed by atoms with Gasteiger partial charge in [0, 0.05) is 11.3 Å². The number of thioether (sulfide) groups is 1. The molecule has 0 saturated carbocycles. The van der Waals surface area contributed by atoms with Crippen LogP contribution in [-0.2, 0) is 9.53 Å². The number of hydrogen-bond acceptors (Lipinski definition) is 6. The third-order valence-electron chi connectivity index (χ3n) is 3.71. The molecule has 27 heavy (non-hydrogen) atoms. The fourth-order valence-corrected chi connectivity index (χ4v) is 4.24. The van der Waals surface area contributed by atoms with Crippen LogP contribution in [0.3, 0.4) is 0 Å². The fourth-order valence-electron chi connectivity index (χ4n) is 2.44. The molecule has 5 nitrogen and oxygen atoms in total. The predicted octanol–water partition coefficient (Wildman–Crippen LogP) is 4.98. The molecule has 3 rings (SSSR count). The Kier molecular flexibility index (Phi) is 6.84. The zero-order valence-electron chi connectivity index (χ0n) is 14.9. The van der Waals surface area contributed by atoms with Crippen molar-refractivity contribution in [2.75, 3.05) is 17.7 Å². The second-order valence-corrected chi connectivity index (χ2v) is 7.93. The Morgan fingerprint density at radius 2 is 2.00 bits per heavy atom. The molecule has 3 aromatic rings. The highest BCUT2D eigenvalue weighted by Gasteiger charge is 2.11. The van der Waals surface area contributed by atoms with Crippen LogP contribution in [0.4, 0.5) is 5.13 Å². The van der Waals surface area contributed by atoms with Crippen LogP contribution < -0.4 is 5.32 Å². The summed E-state index contributed by atoms with van der Waals surface area (Å²) in [5, 5.41) is 3.39. The Morgan fingerprint density at radius 1 is 1.19 bits per heavy atom. The summed E-state index contributed by atoms with van der Waals surface area (Å²) in [4.78, 5) is 29.6. The number of amides is 1. The van der Waals surface area contributed by atoms with Gasteiger partial charge in [-0.2, -0.15) is 0 Å². The van der Waals surface area contributed by atoms with E-state index in [1.807, 2.05) is 18.2 Å². The maximum Gasteiger partial charge on any atom is 0.338 e. The summed E-state index contributed by atoms with van der Waals surface area (Å²) in [6.07, 6.45) is 1.24. The molecule has 1 aromatic heterocycles. The van der Waals surface area contributed by atoms with Crippen LogP contribution in [0.1, 0.15) is 30.1 Å². The predicted molar refractivity (Wildman–Crippen MR) is 111 cm³/mol. The van der Waals surface area contributed by atoms with E-state index in [1.54, 1.807) is 36.9 Å². The number of rotatable bonds is 8. The minimum absolute atomic E-state index is 0.0478. The number of carbonyl (C=O) groups excluding carboxylic acids is 2. The van der Waals surface area contributed by atoms with Crippen molar-refractivity contribution in [3.63, 3.8) is 0 Å². The van der Waals surface area contributed by atoms with Crippen molar-refractivity contribution in [2.24, 2.45) is 0 Å². The van der Waals surface area contributed by atoms with Gasteiger partial charge in [0.1, 0.15) is 0 Å². The first-order valence-electron chi connectivity index (χ1n) is 8.71. The van der Waals surface area contributed by atoms with Gasteiger partial charge in [-0.3, -0.25) is 4.79 Å². The average molecular weight is 401 g/mol. The number of nitrogens with one attached hydrogen (secondary N) is 1. The first kappa shape index (κ1) is 19.4. The van der Waals surface area contributed by atoms with Crippen molar-refractivity contribution in [1.82, 2.24) is 4.98 Å². The van der Waals surface area contributed by atoms with Crippen LogP contribution in [0.25, 0.3) is 10.2 Å². The van der Waals surface area contributed by atoms with Crippen LogP contribution in [0, 0.1) is 0 Å². The van der Waals surface area contributed by atoms with E-state index in [2.05, 4.69) is 22.4 Å². The lowest BCUT2D eigenvalue weighted by molar-refractivity contribution is -0.116. The van der Waals surface area contributed by atoms with Crippen LogP contribution in [0.2, 0.25) is 0 Å². The van der Waals surface area contributed by atoms with E-state index in [-0.39, 0.29) is 11.9 Å². The number of thiazole rings is 1. The zero-order valence-corrected chi connectivity index (χ0v) is 16.6. The topological polar surface area (TPSA) is 68.3 Å². The molecule has 0 saturated heterocycles. The van der Waals surface area contributed by atoms with Gasteiger partial charge in [-0.15, -0.1) is 11.8 Å². The largest absolute Gasteiger partial charge is 0.462 e. The number of benzene rings is 2. The molecule has 1 N–H and O–H groups in total. The van der Waals surface area contributed by atoms with Crippen LogP contribution >= 0.6 is 23.1 Å². The lowest BCUT2D eigenvalue weighted by Gasteiger charge is -2.02. The molecule has 0 fully saturated rings. The van der Waals surface area contributed by atoms with Gasteiger partial charge < -0.3 is 10.1 Å². The Morgan fingerprint density at radius 3 is 2.78 bits per heavy atom. The van der Waals surface area contributed by atoms with Crippen molar-refractivity contribution in [3.8, 4) is 0 Å². The molecule has 0 aliphatic rings. The second kappa shape index (κ2) is 9.53. The Labute approximate surface area is 166 Å². The van der Waals surface area contributed by atoms with E-state index in [1.165, 1.54) is 16.2 Å². The number of hydrogen-bond donors (Lipinski definition) is 1. The van der Waals surface area contributed by atoms with E-state index in [0.717, 1.165) is 22.4 Å². The number of carbonyl (C=O) groups is 2. The molecule has 0 atom stereocenters. The molecule has 0 aliphatic carbocycles. The first-order chi connectivity index (χ1) is 13.2. The van der Waals surface area contributed by atoms with Gasteiger partial charge >= 0.3 is 5.97 Å². The normalized spacial score (nSPS) is 10.7. The number of esters is 1. The Bertz CT molecular complexity index is 925. The van der Waals surface area contributed by atoms with E-state index in [4.69, 9.17) is 4.74 Å². The molecular weight excluding hydrogens is 380 g/mol. The van der Waals surface area contributed by atoms with Crippen molar-refractivity contribution in [2.45, 2.75) is 24.7 Å². The van der Waals surface area contributed by atoms with Crippen molar-refractivity contribution < 1.29 is 14.3 Å². The number of aromatic nitrogens is 1. The monoisotopic (exact) mass is 400 g/mol. The molecule has 140 valence electrons. The summed E-state index contributed by atoms with van der Waals surface area (Å²) in [5.74, 6) is 0.489. The van der Waals surface area contributed by atoms with Gasteiger partial charge in [0.25, 0.3) is 0 Å². The van der Waals surface area contributed by atoms with Gasteiger partial charge in [-0.1, -0.05) is 29.5 Å². The number of ether oxygens (including phenoxy) is 1. The summed E-state index contributed by atoms with van der Waals surface area (Å²) in [5.41, 5.74) is 1.24. The molecule has 7 heteroatoms. The summed E-state index contributed by atoms with van der Waals surface area (Å²) < 4.78 is 5.85. The van der Waals surface area contributed by atoms with E-state index in [0.29, 0.717) is 23.7 Å². The quantitative estimate of drug-likeness (QED) is 0.328. The van der Waals surface area contributed by atoms with Crippen LogP contribution in [0.5, 0.6) is 0 Å². The smallest absolute Gasteiger partial charge is 0.338 e. The molecule has 0 radical (unpaired) electrons. The zero-order chi connectivity index (χ0) is 19.1. The SMILES string of the molecule is CCOC(=O)c1ccc2nc(NC(=O)CCCSc3ccccc3)sc2c1. The number of nitrogens with zero attached hydrogens (tertiary/aromatic N) is 1. The lowest BCUT2D eigenvalue weighted by atomic mass is 10.2. The highest BCUT2D eigenvalue weighted by molar-refractivity contribution is 7.99. The molecule has 0 aliphatic heterocycles. The van der Waals surface area contributed by atoms with Crippen LogP contribution in [-0.4, -0.2) is 29.2 Å². The third-order valence-corrected chi connectivity index (χ3v) is 5.74. The fraction of sp³-hybridized carbons (Fsp3) is 0.250. The van der Waals surface area contributed by atoms with E-state index < -0.39 is 0 Å². The molecular formula is C20H20N2O3S2. The van der Waals surface area contributed by atoms with E-state index >= 15 is 0 Å². The molecule has 1 heterocycles. The Balaban J connectivity index is 1.51. The second-order valence-electron chi connectivity index (χ2n) is 5.74. The summed E-state index contributed by atoms with van der Waals surface area (Å²) >= 11 is 3.10. The highest BCUT2D eigenvalue weighted by atomic mass is 32.2. The van der Waals surface area contributed by atoms with Crippen molar-refractivity contribution >= 4 is 50.3 Å². The summed E-state index contributed by atoms with van der Waals surface area (Å²) in [7, 11) is 0. The van der Waals surface area contributed by atoms with Gasteiger partial charge in [-0.25, -0.2) is 9.78 Å². The van der Waals surface area contributed by atoms with Gasteiger partial charge in [0.2, 0.25) is 5.91 Å². The van der Waals surface area contributed by atoms with Gasteiger partial charge in [-0.05, 0) is 49.4 Å². The number of fused-ring (bicyclic) bond motifs is 1. The molecule has 1 amide bonds. The lowest BCUT2D eigenvalue weighted by Crippen LogP contribution is -2.11.